The number of sulfone groups is 1. The molecule has 0 fully saturated rings. The van der Waals surface area contributed by atoms with E-state index in [4.69, 9.17) is 4.74 Å². The van der Waals surface area contributed by atoms with Gasteiger partial charge in [-0.2, -0.15) is 0 Å². The number of rotatable bonds is 4. The van der Waals surface area contributed by atoms with Gasteiger partial charge in [0.2, 0.25) is 15.0 Å². The number of fused-ring (bicyclic) bond motifs is 1. The summed E-state index contributed by atoms with van der Waals surface area (Å²) < 4.78 is 28.8. The molecule has 0 N–H and O–H groups in total. The van der Waals surface area contributed by atoms with Crippen molar-refractivity contribution in [1.82, 2.24) is 9.97 Å². The van der Waals surface area contributed by atoms with Crippen molar-refractivity contribution in [1.29, 1.82) is 0 Å². The number of benzene rings is 1. The normalized spacial score (nSPS) is 13.8. The second kappa shape index (κ2) is 6.97. The lowest BCUT2D eigenvalue weighted by atomic mass is 10.1. The average molecular weight is 376 g/mol. The Bertz CT molecular complexity index is 1060. The van der Waals surface area contributed by atoms with Gasteiger partial charge in [-0.05, 0) is 17.4 Å². The molecule has 0 aliphatic carbocycles. The molecule has 2 aromatic rings. The largest absolute Gasteiger partial charge is 0.462 e. The predicted molar refractivity (Wildman–Crippen MR) is 96.2 cm³/mol. The van der Waals surface area contributed by atoms with Crippen molar-refractivity contribution in [3.05, 3.63) is 52.2 Å². The molecule has 2 heterocycles. The molecule has 1 aromatic heterocycles. The third-order valence-corrected chi connectivity index (χ3v) is 5.44. The van der Waals surface area contributed by atoms with E-state index in [1.54, 1.807) is 6.92 Å². The van der Waals surface area contributed by atoms with Crippen molar-refractivity contribution in [2.24, 2.45) is 0 Å². The summed E-state index contributed by atoms with van der Waals surface area (Å²) in [5, 5.41) is 1.61. The van der Waals surface area contributed by atoms with E-state index in [1.165, 1.54) is 18.0 Å². The summed E-state index contributed by atoms with van der Waals surface area (Å²) in [5.74, 6) is 0.130. The number of hydrogen-bond donors (Lipinski definition) is 0. The summed E-state index contributed by atoms with van der Waals surface area (Å²) >= 11 is 1.50. The third kappa shape index (κ3) is 3.59. The van der Waals surface area contributed by atoms with E-state index in [-0.39, 0.29) is 17.3 Å². The Balaban J connectivity index is 2.34. The van der Waals surface area contributed by atoms with Crippen molar-refractivity contribution < 1.29 is 17.9 Å². The van der Waals surface area contributed by atoms with Crippen LogP contribution < -0.4 is 10.4 Å². The molecule has 25 heavy (non-hydrogen) atoms. The Morgan fingerprint density at radius 2 is 2.08 bits per heavy atom. The van der Waals surface area contributed by atoms with Crippen LogP contribution in [0.1, 0.15) is 23.0 Å². The number of nitrogens with zero attached hydrogens (tertiary/aromatic N) is 2. The molecule has 0 atom stereocenters. The van der Waals surface area contributed by atoms with Gasteiger partial charge in [-0.15, -0.1) is 11.8 Å². The highest BCUT2D eigenvalue weighted by molar-refractivity contribution is 8.08. The van der Waals surface area contributed by atoms with Crippen molar-refractivity contribution in [2.45, 2.75) is 12.1 Å². The molecule has 0 saturated carbocycles. The zero-order valence-electron chi connectivity index (χ0n) is 13.7. The molecule has 130 valence electrons. The number of hydrogen-bond acceptors (Lipinski definition) is 7. The minimum absolute atomic E-state index is 0.161. The second-order valence-corrected chi connectivity index (χ2v) is 8.28. The molecule has 0 radical (unpaired) electrons. The van der Waals surface area contributed by atoms with Gasteiger partial charge in [0, 0.05) is 23.1 Å². The maximum atomic E-state index is 12.3. The smallest absolute Gasteiger partial charge is 0.341 e. The standard InChI is InChI=1S/C17H16N2O4S2/c1-3-23-16(20)13-10-18-17(25(2,21)22)19-14(13)15-12-7-5-4-6-11(12)8-9-24-15/h4-8,10H,3,9H2,1-2H3. The maximum Gasteiger partial charge on any atom is 0.341 e. The van der Waals surface area contributed by atoms with Gasteiger partial charge in [0.1, 0.15) is 5.56 Å². The number of carbonyl (C=O) groups is 1. The molecule has 1 aliphatic rings. The highest BCUT2D eigenvalue weighted by Gasteiger charge is 2.23. The molecule has 8 heteroatoms. The van der Waals surface area contributed by atoms with Gasteiger partial charge in [-0.3, -0.25) is 0 Å². The summed E-state index contributed by atoms with van der Waals surface area (Å²) in [4.78, 5) is 21.1. The Labute approximate surface area is 149 Å². The molecule has 1 aromatic carbocycles. The summed E-state index contributed by atoms with van der Waals surface area (Å²) in [6.45, 7) is 1.91. The number of aromatic nitrogens is 2. The van der Waals surface area contributed by atoms with E-state index in [2.05, 4.69) is 16.0 Å². The van der Waals surface area contributed by atoms with Crippen LogP contribution in [-0.4, -0.2) is 43.0 Å². The van der Waals surface area contributed by atoms with Crippen LogP contribution in [0.5, 0.6) is 0 Å². The molecule has 0 saturated heterocycles. The van der Waals surface area contributed by atoms with E-state index in [0.29, 0.717) is 11.4 Å². The first-order chi connectivity index (χ1) is 11.9. The van der Waals surface area contributed by atoms with E-state index in [1.807, 2.05) is 24.3 Å². The fraction of sp³-hybridized carbons (Fsp3) is 0.235. The number of carbonyl (C=O) groups excluding carboxylic acids is 1. The average Bonchev–Trinajstić information content (AvgIpc) is 2.60. The Kier molecular flexibility index (Phi) is 4.91. The fourth-order valence-electron chi connectivity index (χ4n) is 2.45. The van der Waals surface area contributed by atoms with Gasteiger partial charge in [0.15, 0.2) is 0 Å². The molecule has 1 aliphatic heterocycles. The molecular weight excluding hydrogens is 360 g/mol. The predicted octanol–water partition coefficient (Wildman–Crippen LogP) is 0.741. The summed E-state index contributed by atoms with van der Waals surface area (Å²) in [6, 6.07) is 7.71. The first kappa shape index (κ1) is 17.6. The first-order valence-corrected chi connectivity index (χ1v) is 10.5. The maximum absolute atomic E-state index is 12.3. The van der Waals surface area contributed by atoms with Crippen molar-refractivity contribution in [3.63, 3.8) is 0 Å². The second-order valence-electron chi connectivity index (χ2n) is 5.34. The van der Waals surface area contributed by atoms with Crippen LogP contribution in [-0.2, 0) is 14.6 Å². The van der Waals surface area contributed by atoms with Crippen LogP contribution in [0.15, 0.2) is 35.6 Å². The summed E-state index contributed by atoms with van der Waals surface area (Å²) in [7, 11) is -3.60. The van der Waals surface area contributed by atoms with Crippen LogP contribution in [0.4, 0.5) is 0 Å². The van der Waals surface area contributed by atoms with Crippen LogP contribution in [0, 0.1) is 0 Å². The van der Waals surface area contributed by atoms with Crippen molar-refractivity contribution >= 4 is 38.5 Å². The van der Waals surface area contributed by atoms with Crippen molar-refractivity contribution in [3.8, 4) is 0 Å². The lowest BCUT2D eigenvalue weighted by molar-refractivity contribution is 0.0524. The molecule has 0 unspecified atom stereocenters. The fourth-order valence-corrected chi connectivity index (χ4v) is 4.01. The third-order valence-electron chi connectivity index (χ3n) is 3.55. The zero-order chi connectivity index (χ0) is 18.0. The summed E-state index contributed by atoms with van der Waals surface area (Å²) in [6.07, 6.45) is 4.34. The van der Waals surface area contributed by atoms with Gasteiger partial charge < -0.3 is 4.74 Å². The monoisotopic (exact) mass is 376 g/mol. The van der Waals surface area contributed by atoms with Gasteiger partial charge in [0.05, 0.1) is 12.3 Å². The van der Waals surface area contributed by atoms with Gasteiger partial charge in [0.25, 0.3) is 0 Å². The van der Waals surface area contributed by atoms with Crippen LogP contribution >= 0.6 is 11.8 Å². The van der Waals surface area contributed by atoms with Gasteiger partial charge >= 0.3 is 5.97 Å². The first-order valence-electron chi connectivity index (χ1n) is 7.58. The van der Waals surface area contributed by atoms with Crippen LogP contribution in [0.3, 0.4) is 0 Å². The molecule has 6 nitrogen and oxygen atoms in total. The Morgan fingerprint density at radius 3 is 2.80 bits per heavy atom. The summed E-state index contributed by atoms with van der Waals surface area (Å²) in [5.41, 5.74) is 0.452. The number of thioether (sulfide) groups is 1. The van der Waals surface area contributed by atoms with E-state index >= 15 is 0 Å². The van der Waals surface area contributed by atoms with E-state index in [0.717, 1.165) is 21.6 Å². The number of ether oxygens (including phenoxy) is 1. The minimum Gasteiger partial charge on any atom is -0.462 e. The van der Waals surface area contributed by atoms with Gasteiger partial charge in [-0.25, -0.2) is 23.2 Å². The molecule has 0 spiro atoms. The quantitative estimate of drug-likeness (QED) is 0.575. The highest BCUT2D eigenvalue weighted by atomic mass is 32.2. The zero-order valence-corrected chi connectivity index (χ0v) is 15.4. The molecular formula is C17H16N2O4S2. The minimum atomic E-state index is -3.60. The lowest BCUT2D eigenvalue weighted by Crippen LogP contribution is -2.30. The molecule has 3 rings (SSSR count). The highest BCUT2D eigenvalue weighted by Crippen LogP contribution is 2.28. The van der Waals surface area contributed by atoms with E-state index in [9.17, 15) is 13.2 Å². The van der Waals surface area contributed by atoms with Gasteiger partial charge in [-0.1, -0.05) is 30.3 Å². The Hall–Kier alpha value is -2.19. The van der Waals surface area contributed by atoms with Crippen LogP contribution in [0.25, 0.3) is 11.0 Å². The van der Waals surface area contributed by atoms with Crippen LogP contribution in [0.2, 0.25) is 0 Å². The van der Waals surface area contributed by atoms with Crippen molar-refractivity contribution in [2.75, 3.05) is 18.6 Å². The topological polar surface area (TPSA) is 86.2 Å². The number of esters is 1. The Morgan fingerprint density at radius 1 is 1.32 bits per heavy atom. The molecule has 0 bridgehead atoms. The SMILES string of the molecule is CCOC(=O)c1cnc(S(C)(=O)=O)nc1C1=c2ccccc2=CCS1. The molecule has 0 amide bonds. The van der Waals surface area contributed by atoms with E-state index < -0.39 is 15.8 Å². The lowest BCUT2D eigenvalue weighted by Gasteiger charge is -2.14.